The number of fused-ring (bicyclic) bond motifs is 2. The summed E-state index contributed by atoms with van der Waals surface area (Å²) >= 11 is 0. The molecule has 0 N–H and O–H groups in total. The molecule has 4 nitrogen and oxygen atoms in total. The predicted molar refractivity (Wildman–Crippen MR) is 115 cm³/mol. The number of carbonyl (C=O) groups is 1. The first kappa shape index (κ1) is 22.3. The van der Waals surface area contributed by atoms with Crippen molar-refractivity contribution in [1.82, 2.24) is 4.90 Å². The number of nitrogens with zero attached hydrogens (tertiary/aromatic N) is 1. The molecule has 1 aliphatic heterocycles. The topological polar surface area (TPSA) is 38.8 Å². The van der Waals surface area contributed by atoms with Gasteiger partial charge in [0.25, 0.3) is 0 Å². The Morgan fingerprint density at radius 3 is 1.96 bits per heavy atom. The van der Waals surface area contributed by atoms with Gasteiger partial charge in [-0.15, -0.1) is 12.4 Å². The van der Waals surface area contributed by atoms with Gasteiger partial charge in [0.2, 0.25) is 0 Å². The van der Waals surface area contributed by atoms with Gasteiger partial charge in [0.05, 0.1) is 6.42 Å². The van der Waals surface area contributed by atoms with E-state index in [1.54, 1.807) is 0 Å². The van der Waals surface area contributed by atoms with Crippen LogP contribution >= 0.6 is 12.4 Å². The summed E-state index contributed by atoms with van der Waals surface area (Å²) in [7, 11) is 0. The van der Waals surface area contributed by atoms with Gasteiger partial charge in [0, 0.05) is 35.7 Å². The number of hydrogen-bond acceptors (Lipinski definition) is 4. The first-order valence-corrected chi connectivity index (χ1v) is 9.74. The first-order chi connectivity index (χ1) is 13.0. The summed E-state index contributed by atoms with van der Waals surface area (Å²) in [5.74, 6) is 1.43. The molecule has 28 heavy (non-hydrogen) atoms. The summed E-state index contributed by atoms with van der Waals surface area (Å²) in [4.78, 5) is 14.9. The molecule has 0 aliphatic carbocycles. The van der Waals surface area contributed by atoms with Crippen molar-refractivity contribution in [3.05, 3.63) is 59.7 Å². The van der Waals surface area contributed by atoms with E-state index in [0.717, 1.165) is 29.2 Å². The molecule has 2 aromatic rings. The molecule has 0 unspecified atom stereocenters. The van der Waals surface area contributed by atoms with Crippen molar-refractivity contribution >= 4 is 18.4 Å². The van der Waals surface area contributed by atoms with Crippen molar-refractivity contribution in [2.24, 2.45) is 0 Å². The lowest BCUT2D eigenvalue weighted by molar-refractivity contribution is -0.144. The number of halogens is 1. The molecule has 0 bridgehead atoms. The van der Waals surface area contributed by atoms with E-state index in [4.69, 9.17) is 9.47 Å². The lowest BCUT2D eigenvalue weighted by Gasteiger charge is -2.30. The molecule has 0 saturated heterocycles. The SMILES string of the molecule is CC(C)N(CCOC(=O)CC1c2ccccc2Oc2ccccc21)C(C)C.Cl. The minimum atomic E-state index is -0.168. The first-order valence-electron chi connectivity index (χ1n) is 9.74. The van der Waals surface area contributed by atoms with E-state index in [1.807, 2.05) is 48.5 Å². The smallest absolute Gasteiger partial charge is 0.306 e. The van der Waals surface area contributed by atoms with Crippen LogP contribution in [0, 0.1) is 0 Å². The van der Waals surface area contributed by atoms with Gasteiger partial charge >= 0.3 is 5.97 Å². The Hall–Kier alpha value is -2.04. The molecule has 152 valence electrons. The van der Waals surface area contributed by atoms with Crippen LogP contribution < -0.4 is 4.74 Å². The van der Waals surface area contributed by atoms with Crippen LogP contribution in [0.5, 0.6) is 11.5 Å². The third-order valence-electron chi connectivity index (χ3n) is 5.12. The Morgan fingerprint density at radius 1 is 0.964 bits per heavy atom. The van der Waals surface area contributed by atoms with E-state index < -0.39 is 0 Å². The fourth-order valence-electron chi connectivity index (χ4n) is 3.83. The van der Waals surface area contributed by atoms with Crippen molar-refractivity contribution in [3.63, 3.8) is 0 Å². The molecular formula is C23H30ClNO3. The van der Waals surface area contributed by atoms with E-state index in [2.05, 4.69) is 32.6 Å². The highest BCUT2D eigenvalue weighted by atomic mass is 35.5. The Kier molecular flexibility index (Phi) is 7.90. The van der Waals surface area contributed by atoms with Crippen molar-refractivity contribution < 1.29 is 14.3 Å². The normalized spacial score (nSPS) is 13.0. The van der Waals surface area contributed by atoms with Gasteiger partial charge in [-0.05, 0) is 39.8 Å². The second-order valence-electron chi connectivity index (χ2n) is 7.58. The van der Waals surface area contributed by atoms with Gasteiger partial charge in [-0.1, -0.05) is 36.4 Å². The molecule has 0 fully saturated rings. The van der Waals surface area contributed by atoms with Crippen LogP contribution in [-0.2, 0) is 9.53 Å². The molecule has 0 amide bonds. The van der Waals surface area contributed by atoms with Gasteiger partial charge in [-0.2, -0.15) is 0 Å². The van der Waals surface area contributed by atoms with E-state index in [0.29, 0.717) is 25.1 Å². The summed E-state index contributed by atoms with van der Waals surface area (Å²) in [6.45, 7) is 9.83. The van der Waals surface area contributed by atoms with E-state index in [-0.39, 0.29) is 24.3 Å². The number of hydrogen-bond donors (Lipinski definition) is 0. The maximum Gasteiger partial charge on any atom is 0.306 e. The summed E-state index contributed by atoms with van der Waals surface area (Å²) in [6.07, 6.45) is 0.320. The predicted octanol–water partition coefficient (Wildman–Crippen LogP) is 5.40. The summed E-state index contributed by atoms with van der Waals surface area (Å²) in [6, 6.07) is 16.7. The highest BCUT2D eigenvalue weighted by molar-refractivity contribution is 5.85. The van der Waals surface area contributed by atoms with E-state index in [1.165, 1.54) is 0 Å². The van der Waals surface area contributed by atoms with Gasteiger partial charge in [0.15, 0.2) is 0 Å². The number of benzene rings is 2. The molecule has 1 aliphatic rings. The average Bonchev–Trinajstić information content (AvgIpc) is 2.64. The van der Waals surface area contributed by atoms with Crippen LogP contribution in [-0.4, -0.2) is 36.1 Å². The summed E-state index contributed by atoms with van der Waals surface area (Å²) in [5, 5.41) is 0. The summed E-state index contributed by atoms with van der Waals surface area (Å²) in [5.41, 5.74) is 2.08. The second kappa shape index (κ2) is 9.94. The lowest BCUT2D eigenvalue weighted by Crippen LogP contribution is -2.39. The van der Waals surface area contributed by atoms with Crippen molar-refractivity contribution in [2.45, 2.75) is 52.1 Å². The molecule has 0 saturated carbocycles. The number of rotatable bonds is 7. The third-order valence-corrected chi connectivity index (χ3v) is 5.12. The van der Waals surface area contributed by atoms with Gasteiger partial charge < -0.3 is 9.47 Å². The van der Waals surface area contributed by atoms with Crippen molar-refractivity contribution in [3.8, 4) is 11.5 Å². The highest BCUT2D eigenvalue weighted by Crippen LogP contribution is 2.45. The van der Waals surface area contributed by atoms with Crippen molar-refractivity contribution in [1.29, 1.82) is 0 Å². The molecule has 5 heteroatoms. The zero-order chi connectivity index (χ0) is 19.4. The highest BCUT2D eigenvalue weighted by Gasteiger charge is 2.29. The van der Waals surface area contributed by atoms with Gasteiger partial charge in [0.1, 0.15) is 18.1 Å². The molecule has 0 atom stereocenters. The molecule has 1 heterocycles. The fourth-order valence-corrected chi connectivity index (χ4v) is 3.83. The monoisotopic (exact) mass is 403 g/mol. The number of para-hydroxylation sites is 2. The fraction of sp³-hybridized carbons (Fsp3) is 0.435. The number of carbonyl (C=O) groups excluding carboxylic acids is 1. The van der Waals surface area contributed by atoms with Crippen LogP contribution in [0.15, 0.2) is 48.5 Å². The van der Waals surface area contributed by atoms with Crippen LogP contribution in [0.2, 0.25) is 0 Å². The second-order valence-corrected chi connectivity index (χ2v) is 7.58. The Balaban J connectivity index is 0.00000280. The van der Waals surface area contributed by atoms with Crippen LogP contribution in [0.1, 0.15) is 51.2 Å². The molecule has 0 aromatic heterocycles. The minimum absolute atomic E-state index is 0. The molecule has 3 rings (SSSR count). The van der Waals surface area contributed by atoms with Crippen LogP contribution in [0.25, 0.3) is 0 Å². The van der Waals surface area contributed by atoms with Crippen LogP contribution in [0.4, 0.5) is 0 Å². The number of esters is 1. The molecule has 2 aromatic carbocycles. The molecule has 0 radical (unpaired) electrons. The van der Waals surface area contributed by atoms with Gasteiger partial charge in [-0.25, -0.2) is 0 Å². The Morgan fingerprint density at radius 2 is 1.46 bits per heavy atom. The van der Waals surface area contributed by atoms with E-state index >= 15 is 0 Å². The average molecular weight is 404 g/mol. The standard InChI is InChI=1S/C23H29NO3.ClH/c1-16(2)24(17(3)4)13-14-26-23(25)15-20-18-9-5-7-11-21(18)27-22-12-8-6-10-19(20)22;/h5-12,16-17,20H,13-15H2,1-4H3;1H. The third kappa shape index (κ3) is 5.06. The maximum atomic E-state index is 12.6. The van der Waals surface area contributed by atoms with Gasteiger partial charge in [-0.3, -0.25) is 9.69 Å². The minimum Gasteiger partial charge on any atom is -0.464 e. The Bertz CT molecular complexity index is 737. The lowest BCUT2D eigenvalue weighted by atomic mass is 9.85. The largest absolute Gasteiger partial charge is 0.464 e. The van der Waals surface area contributed by atoms with E-state index in [9.17, 15) is 4.79 Å². The quantitative estimate of drug-likeness (QED) is 0.580. The molecule has 0 spiro atoms. The van der Waals surface area contributed by atoms with Crippen molar-refractivity contribution in [2.75, 3.05) is 13.2 Å². The zero-order valence-corrected chi connectivity index (χ0v) is 17.9. The summed E-state index contributed by atoms with van der Waals surface area (Å²) < 4.78 is 11.6. The Labute approximate surface area is 174 Å². The van der Waals surface area contributed by atoms with Crippen LogP contribution in [0.3, 0.4) is 0 Å². The number of ether oxygens (including phenoxy) is 2. The zero-order valence-electron chi connectivity index (χ0n) is 17.1. The maximum absolute atomic E-state index is 12.6. The molecular weight excluding hydrogens is 374 g/mol.